The summed E-state index contributed by atoms with van der Waals surface area (Å²) in [4.78, 5) is 38.7. The van der Waals surface area contributed by atoms with E-state index in [-0.39, 0.29) is 30.2 Å². The Hall–Kier alpha value is -1.89. The minimum absolute atomic E-state index is 0.0775. The van der Waals surface area contributed by atoms with Crippen LogP contribution < -0.4 is 15.5 Å². The van der Waals surface area contributed by atoms with E-state index >= 15 is 0 Å². The van der Waals surface area contributed by atoms with Gasteiger partial charge in [-0.2, -0.15) is 0 Å². The van der Waals surface area contributed by atoms with Crippen molar-refractivity contribution >= 4 is 39.3 Å². The number of anilines is 1. The molecule has 0 radical (unpaired) electrons. The van der Waals surface area contributed by atoms with Gasteiger partial charge in [0, 0.05) is 29.2 Å². The Morgan fingerprint density at radius 2 is 2.00 bits per heavy atom. The lowest BCUT2D eigenvalue weighted by atomic mass is 10.1. The quantitative estimate of drug-likeness (QED) is 0.765. The van der Waals surface area contributed by atoms with Crippen molar-refractivity contribution in [2.24, 2.45) is 5.92 Å². The molecule has 7 heteroatoms. The molecule has 2 fully saturated rings. The molecular formula is C19H24BrN3O3. The number of amides is 3. The molecule has 26 heavy (non-hydrogen) atoms. The molecule has 0 aromatic heterocycles. The average molecular weight is 422 g/mol. The molecule has 1 saturated heterocycles. The van der Waals surface area contributed by atoms with Crippen LogP contribution >= 0.6 is 15.9 Å². The predicted octanol–water partition coefficient (Wildman–Crippen LogP) is 2.37. The first-order valence-electron chi connectivity index (χ1n) is 9.10. The maximum Gasteiger partial charge on any atom is 0.242 e. The Bertz CT molecular complexity index is 703. The summed E-state index contributed by atoms with van der Waals surface area (Å²) in [5.74, 6) is -0.919. The Balaban J connectivity index is 1.55. The minimum atomic E-state index is -0.599. The molecule has 2 N–H and O–H groups in total. The fourth-order valence-electron chi connectivity index (χ4n) is 3.57. The third-order valence-corrected chi connectivity index (χ3v) is 5.56. The van der Waals surface area contributed by atoms with Crippen molar-refractivity contribution in [2.75, 3.05) is 11.4 Å². The highest BCUT2D eigenvalue weighted by Crippen LogP contribution is 2.27. The van der Waals surface area contributed by atoms with Crippen LogP contribution in [0.25, 0.3) is 0 Å². The molecular weight excluding hydrogens is 398 g/mol. The highest BCUT2D eigenvalue weighted by Gasteiger charge is 2.36. The monoisotopic (exact) mass is 421 g/mol. The normalized spacial score (nSPS) is 21.7. The van der Waals surface area contributed by atoms with Gasteiger partial charge in [0.05, 0.1) is 5.92 Å². The van der Waals surface area contributed by atoms with Crippen molar-refractivity contribution in [1.82, 2.24) is 10.6 Å². The molecule has 6 nitrogen and oxygen atoms in total. The van der Waals surface area contributed by atoms with Gasteiger partial charge in [-0.15, -0.1) is 0 Å². The second-order valence-corrected chi connectivity index (χ2v) is 8.02. The van der Waals surface area contributed by atoms with E-state index in [9.17, 15) is 14.4 Å². The van der Waals surface area contributed by atoms with Crippen LogP contribution in [-0.2, 0) is 14.4 Å². The molecule has 2 atom stereocenters. The third-order valence-electron chi connectivity index (χ3n) is 5.07. The Labute approximate surface area is 161 Å². The number of hydrogen-bond donors (Lipinski definition) is 2. The van der Waals surface area contributed by atoms with Crippen LogP contribution in [0, 0.1) is 5.92 Å². The first-order valence-corrected chi connectivity index (χ1v) is 9.90. The van der Waals surface area contributed by atoms with Crippen LogP contribution in [0.2, 0.25) is 0 Å². The number of nitrogens with one attached hydrogen (secondary N) is 2. The average Bonchev–Trinajstić information content (AvgIpc) is 3.24. The zero-order chi connectivity index (χ0) is 18.7. The standard InChI is InChI=1S/C19H24BrN3O3/c1-12(18(25)22-15-6-2-3-7-15)21-19(26)13-9-17(24)23(11-13)16-8-4-5-14(20)10-16/h4-5,8,10,12-13,15H,2-3,6-7,9,11H2,1H3,(H,21,26)(H,22,25)/t12-,13+/m0/s1. The van der Waals surface area contributed by atoms with Crippen molar-refractivity contribution in [3.63, 3.8) is 0 Å². The van der Waals surface area contributed by atoms with Gasteiger partial charge in [0.2, 0.25) is 17.7 Å². The van der Waals surface area contributed by atoms with Gasteiger partial charge in [-0.3, -0.25) is 14.4 Å². The summed E-state index contributed by atoms with van der Waals surface area (Å²) < 4.78 is 0.882. The van der Waals surface area contributed by atoms with Crippen LogP contribution in [0.4, 0.5) is 5.69 Å². The van der Waals surface area contributed by atoms with Crippen molar-refractivity contribution in [2.45, 2.75) is 51.1 Å². The molecule has 140 valence electrons. The van der Waals surface area contributed by atoms with E-state index in [1.165, 1.54) is 0 Å². The van der Waals surface area contributed by atoms with Crippen molar-refractivity contribution in [1.29, 1.82) is 0 Å². The fraction of sp³-hybridized carbons (Fsp3) is 0.526. The SMILES string of the molecule is C[C@H](NC(=O)[C@@H]1CC(=O)N(c2cccc(Br)c2)C1)C(=O)NC1CCCC1. The fourth-order valence-corrected chi connectivity index (χ4v) is 3.96. The highest BCUT2D eigenvalue weighted by atomic mass is 79.9. The second kappa shape index (κ2) is 8.20. The van der Waals surface area contributed by atoms with Gasteiger partial charge in [-0.05, 0) is 38.0 Å². The van der Waals surface area contributed by atoms with E-state index in [2.05, 4.69) is 26.6 Å². The van der Waals surface area contributed by atoms with Crippen LogP contribution in [0.15, 0.2) is 28.7 Å². The largest absolute Gasteiger partial charge is 0.352 e. The molecule has 0 bridgehead atoms. The topological polar surface area (TPSA) is 78.5 Å². The summed E-state index contributed by atoms with van der Waals surface area (Å²) in [6.45, 7) is 2.02. The van der Waals surface area contributed by atoms with Crippen LogP contribution in [0.1, 0.15) is 39.0 Å². The summed E-state index contributed by atoms with van der Waals surface area (Å²) in [6, 6.07) is 7.07. The summed E-state index contributed by atoms with van der Waals surface area (Å²) in [5, 5.41) is 5.75. The lowest BCUT2D eigenvalue weighted by Gasteiger charge is -2.20. The molecule has 0 unspecified atom stereocenters. The summed E-state index contributed by atoms with van der Waals surface area (Å²) >= 11 is 3.40. The highest BCUT2D eigenvalue weighted by molar-refractivity contribution is 9.10. The van der Waals surface area contributed by atoms with E-state index in [1.54, 1.807) is 11.8 Å². The summed E-state index contributed by atoms with van der Waals surface area (Å²) in [6.07, 6.45) is 4.45. The molecule has 1 saturated carbocycles. The van der Waals surface area contributed by atoms with Gasteiger partial charge in [-0.1, -0.05) is 34.8 Å². The minimum Gasteiger partial charge on any atom is -0.352 e. The zero-order valence-corrected chi connectivity index (χ0v) is 16.4. The molecule has 1 heterocycles. The molecule has 1 aromatic carbocycles. The van der Waals surface area contributed by atoms with Crippen molar-refractivity contribution in [3.8, 4) is 0 Å². The van der Waals surface area contributed by atoms with E-state index in [4.69, 9.17) is 0 Å². The molecule has 1 aliphatic heterocycles. The van der Waals surface area contributed by atoms with Crippen LogP contribution in [-0.4, -0.2) is 36.3 Å². The first-order chi connectivity index (χ1) is 12.4. The lowest BCUT2D eigenvalue weighted by molar-refractivity contribution is -0.131. The van der Waals surface area contributed by atoms with Gasteiger partial charge in [0.1, 0.15) is 6.04 Å². The number of carbonyl (C=O) groups excluding carboxylic acids is 3. The lowest BCUT2D eigenvalue weighted by Crippen LogP contribution is -2.49. The van der Waals surface area contributed by atoms with Crippen molar-refractivity contribution < 1.29 is 14.4 Å². The second-order valence-electron chi connectivity index (χ2n) is 7.11. The van der Waals surface area contributed by atoms with Gasteiger partial charge < -0.3 is 15.5 Å². The van der Waals surface area contributed by atoms with E-state index < -0.39 is 12.0 Å². The maximum absolute atomic E-state index is 12.5. The summed E-state index contributed by atoms with van der Waals surface area (Å²) in [7, 11) is 0. The third kappa shape index (κ3) is 4.44. The molecule has 1 aliphatic carbocycles. The molecule has 3 rings (SSSR count). The molecule has 1 aromatic rings. The van der Waals surface area contributed by atoms with E-state index in [1.807, 2.05) is 24.3 Å². The van der Waals surface area contributed by atoms with E-state index in [0.717, 1.165) is 35.8 Å². The van der Waals surface area contributed by atoms with Gasteiger partial charge in [-0.25, -0.2) is 0 Å². The predicted molar refractivity (Wildman–Crippen MR) is 103 cm³/mol. The molecule has 3 amide bonds. The zero-order valence-electron chi connectivity index (χ0n) is 14.8. The van der Waals surface area contributed by atoms with Gasteiger partial charge in [0.25, 0.3) is 0 Å². The molecule has 0 spiro atoms. The van der Waals surface area contributed by atoms with Crippen LogP contribution in [0.5, 0.6) is 0 Å². The van der Waals surface area contributed by atoms with Gasteiger partial charge in [0.15, 0.2) is 0 Å². The Kier molecular flexibility index (Phi) is 5.96. The van der Waals surface area contributed by atoms with Crippen molar-refractivity contribution in [3.05, 3.63) is 28.7 Å². The number of hydrogen-bond acceptors (Lipinski definition) is 3. The Morgan fingerprint density at radius 3 is 2.69 bits per heavy atom. The number of benzene rings is 1. The summed E-state index contributed by atoms with van der Waals surface area (Å²) in [5.41, 5.74) is 0.770. The van der Waals surface area contributed by atoms with Crippen LogP contribution in [0.3, 0.4) is 0 Å². The first kappa shape index (κ1) is 18.9. The number of halogens is 1. The van der Waals surface area contributed by atoms with Gasteiger partial charge >= 0.3 is 0 Å². The smallest absolute Gasteiger partial charge is 0.242 e. The number of carbonyl (C=O) groups is 3. The Morgan fingerprint density at radius 1 is 1.27 bits per heavy atom. The molecule has 2 aliphatic rings. The maximum atomic E-state index is 12.5. The number of rotatable bonds is 5. The van der Waals surface area contributed by atoms with E-state index in [0.29, 0.717) is 6.54 Å². The number of nitrogens with zero attached hydrogens (tertiary/aromatic N) is 1.